The van der Waals surface area contributed by atoms with E-state index < -0.39 is 17.5 Å². The van der Waals surface area contributed by atoms with Gasteiger partial charge >= 0.3 is 5.97 Å². The van der Waals surface area contributed by atoms with Gasteiger partial charge in [-0.15, -0.1) is 0 Å². The Morgan fingerprint density at radius 3 is 2.58 bits per heavy atom. The SMILES string of the molecule is COc1ccc(C2OCC3=C(c4ccco4)COC(=O)C32C(C)=O)cc1. The van der Waals surface area contributed by atoms with Crippen LogP contribution in [0.25, 0.3) is 5.57 Å². The fourth-order valence-corrected chi connectivity index (χ4v) is 3.79. The maximum absolute atomic E-state index is 12.8. The molecule has 2 aliphatic heterocycles. The van der Waals surface area contributed by atoms with Gasteiger partial charge in [0, 0.05) is 5.57 Å². The Balaban J connectivity index is 1.89. The zero-order chi connectivity index (χ0) is 18.3. The van der Waals surface area contributed by atoms with E-state index in [2.05, 4.69) is 0 Å². The van der Waals surface area contributed by atoms with Crippen LogP contribution in [0.15, 0.2) is 52.7 Å². The molecule has 1 aromatic heterocycles. The molecule has 0 N–H and O–H groups in total. The third-order valence-electron chi connectivity index (χ3n) is 5.09. The first-order valence-corrected chi connectivity index (χ1v) is 8.29. The molecule has 1 saturated heterocycles. The highest BCUT2D eigenvalue weighted by molar-refractivity contribution is 6.10. The van der Waals surface area contributed by atoms with E-state index >= 15 is 0 Å². The molecule has 6 heteroatoms. The number of cyclic esters (lactones) is 1. The standard InChI is InChI=1S/C20H18O6/c1-12(21)20-16(15(10-26-19(20)22)17-4-3-9-24-17)11-25-18(20)13-5-7-14(23-2)8-6-13/h3-9,18H,10-11H2,1-2H3. The van der Waals surface area contributed by atoms with Crippen molar-refractivity contribution >= 4 is 17.3 Å². The Bertz CT molecular complexity index is 878. The molecule has 2 unspecified atom stereocenters. The molecule has 26 heavy (non-hydrogen) atoms. The quantitative estimate of drug-likeness (QED) is 0.621. The molecule has 0 radical (unpaired) electrons. The topological polar surface area (TPSA) is 75.0 Å². The summed E-state index contributed by atoms with van der Waals surface area (Å²) in [5.41, 5.74) is 0.543. The van der Waals surface area contributed by atoms with Gasteiger partial charge in [-0.05, 0) is 42.3 Å². The third-order valence-corrected chi connectivity index (χ3v) is 5.09. The van der Waals surface area contributed by atoms with Crippen molar-refractivity contribution in [3.8, 4) is 5.75 Å². The summed E-state index contributed by atoms with van der Waals surface area (Å²) in [6.07, 6.45) is 0.796. The van der Waals surface area contributed by atoms with E-state index in [9.17, 15) is 9.59 Å². The maximum Gasteiger partial charge on any atom is 0.327 e. The molecule has 0 bridgehead atoms. The first-order chi connectivity index (χ1) is 12.6. The van der Waals surface area contributed by atoms with Gasteiger partial charge in [-0.25, -0.2) is 0 Å². The molecule has 2 atom stereocenters. The van der Waals surface area contributed by atoms with Gasteiger partial charge in [-0.1, -0.05) is 12.1 Å². The molecule has 0 amide bonds. The van der Waals surface area contributed by atoms with Gasteiger partial charge in [-0.2, -0.15) is 0 Å². The number of esters is 1. The van der Waals surface area contributed by atoms with Crippen LogP contribution >= 0.6 is 0 Å². The second-order valence-electron chi connectivity index (χ2n) is 6.34. The van der Waals surface area contributed by atoms with Gasteiger partial charge < -0.3 is 18.6 Å². The lowest BCUT2D eigenvalue weighted by atomic mass is 9.69. The molecule has 0 aliphatic carbocycles. The number of Topliss-reactive ketones (excluding diaryl/α,β-unsaturated/α-hetero) is 1. The van der Waals surface area contributed by atoms with Gasteiger partial charge in [0.25, 0.3) is 0 Å². The smallest absolute Gasteiger partial charge is 0.327 e. The van der Waals surface area contributed by atoms with Crippen LogP contribution in [0, 0.1) is 5.41 Å². The maximum atomic E-state index is 12.8. The normalized spacial score (nSPS) is 25.0. The molecular weight excluding hydrogens is 336 g/mol. The van der Waals surface area contributed by atoms with Gasteiger partial charge in [0.2, 0.25) is 0 Å². The Morgan fingerprint density at radius 1 is 1.19 bits per heavy atom. The number of ether oxygens (including phenoxy) is 3. The second kappa shape index (κ2) is 6.14. The van der Waals surface area contributed by atoms with Crippen molar-refractivity contribution in [1.82, 2.24) is 0 Å². The van der Waals surface area contributed by atoms with E-state index in [1.54, 1.807) is 49.8 Å². The highest BCUT2D eigenvalue weighted by atomic mass is 16.5. The van der Waals surface area contributed by atoms with Gasteiger partial charge in [-0.3, -0.25) is 9.59 Å². The van der Waals surface area contributed by atoms with Gasteiger partial charge in [0.05, 0.1) is 20.0 Å². The zero-order valence-corrected chi connectivity index (χ0v) is 14.5. The number of carbonyl (C=O) groups excluding carboxylic acids is 2. The Kier molecular flexibility index (Phi) is 3.92. The molecule has 1 aromatic carbocycles. The van der Waals surface area contributed by atoms with Crippen LogP contribution < -0.4 is 4.74 Å². The fraction of sp³-hybridized carbons (Fsp3) is 0.300. The van der Waals surface area contributed by atoms with Crippen molar-refractivity contribution in [2.75, 3.05) is 20.3 Å². The minimum atomic E-state index is -1.49. The first-order valence-electron chi connectivity index (χ1n) is 8.29. The molecule has 3 heterocycles. The lowest BCUT2D eigenvalue weighted by Gasteiger charge is -2.34. The van der Waals surface area contributed by atoms with Gasteiger partial charge in [0.1, 0.15) is 24.2 Å². The summed E-state index contributed by atoms with van der Waals surface area (Å²) in [5.74, 6) is 0.382. The Labute approximate surface area is 150 Å². The van der Waals surface area contributed by atoms with Crippen molar-refractivity contribution < 1.29 is 28.2 Å². The average molecular weight is 354 g/mol. The van der Waals surface area contributed by atoms with Crippen molar-refractivity contribution in [2.24, 2.45) is 5.41 Å². The molecule has 2 aromatic rings. The van der Waals surface area contributed by atoms with Crippen LogP contribution in [-0.4, -0.2) is 32.1 Å². The number of fused-ring (bicyclic) bond motifs is 1. The van der Waals surface area contributed by atoms with Crippen LogP contribution in [0.2, 0.25) is 0 Å². The van der Waals surface area contributed by atoms with Crippen LogP contribution in [-0.2, 0) is 19.1 Å². The molecule has 6 nitrogen and oxygen atoms in total. The second-order valence-corrected chi connectivity index (χ2v) is 6.34. The summed E-state index contributed by atoms with van der Waals surface area (Å²) >= 11 is 0. The largest absolute Gasteiger partial charge is 0.497 e. The van der Waals surface area contributed by atoms with E-state index in [0.29, 0.717) is 28.2 Å². The summed E-state index contributed by atoms with van der Waals surface area (Å²) in [4.78, 5) is 25.6. The highest BCUT2D eigenvalue weighted by Gasteiger charge is 2.62. The molecule has 0 spiro atoms. The molecule has 0 saturated carbocycles. The number of benzene rings is 1. The summed E-state index contributed by atoms with van der Waals surface area (Å²) in [7, 11) is 1.58. The molecular formula is C20H18O6. The summed E-state index contributed by atoms with van der Waals surface area (Å²) in [5, 5.41) is 0. The van der Waals surface area contributed by atoms with E-state index in [4.69, 9.17) is 18.6 Å². The third kappa shape index (κ3) is 2.22. The van der Waals surface area contributed by atoms with E-state index in [1.165, 1.54) is 6.92 Å². The van der Waals surface area contributed by atoms with E-state index in [1.807, 2.05) is 0 Å². The number of ketones is 1. The minimum absolute atomic E-state index is 0.0649. The zero-order valence-electron chi connectivity index (χ0n) is 14.5. The average Bonchev–Trinajstić information content (AvgIpc) is 3.31. The van der Waals surface area contributed by atoms with Crippen molar-refractivity contribution in [3.05, 3.63) is 59.6 Å². The number of hydrogen-bond donors (Lipinski definition) is 0. The monoisotopic (exact) mass is 354 g/mol. The molecule has 1 fully saturated rings. The lowest BCUT2D eigenvalue weighted by Crippen LogP contribution is -2.46. The summed E-state index contributed by atoms with van der Waals surface area (Å²) in [6, 6.07) is 10.7. The summed E-state index contributed by atoms with van der Waals surface area (Å²) in [6.45, 7) is 1.63. The van der Waals surface area contributed by atoms with E-state index in [-0.39, 0.29) is 19.0 Å². The lowest BCUT2D eigenvalue weighted by molar-refractivity contribution is -0.161. The van der Waals surface area contributed by atoms with Crippen molar-refractivity contribution in [2.45, 2.75) is 13.0 Å². The number of methoxy groups -OCH3 is 1. The van der Waals surface area contributed by atoms with Crippen molar-refractivity contribution in [1.29, 1.82) is 0 Å². The van der Waals surface area contributed by atoms with Crippen LogP contribution in [0.4, 0.5) is 0 Å². The first kappa shape index (κ1) is 16.6. The van der Waals surface area contributed by atoms with Crippen molar-refractivity contribution in [3.63, 3.8) is 0 Å². The number of rotatable bonds is 4. The molecule has 134 valence electrons. The number of carbonyl (C=O) groups is 2. The highest BCUT2D eigenvalue weighted by Crippen LogP contribution is 2.54. The Morgan fingerprint density at radius 2 is 1.96 bits per heavy atom. The fourth-order valence-electron chi connectivity index (χ4n) is 3.79. The summed E-state index contributed by atoms with van der Waals surface area (Å²) < 4.78 is 22.0. The number of furan rings is 1. The van der Waals surface area contributed by atoms with Crippen LogP contribution in [0.3, 0.4) is 0 Å². The molecule has 4 rings (SSSR count). The van der Waals surface area contributed by atoms with Crippen LogP contribution in [0.1, 0.15) is 24.4 Å². The van der Waals surface area contributed by atoms with Gasteiger partial charge in [0.15, 0.2) is 11.2 Å². The van der Waals surface area contributed by atoms with Crippen LogP contribution in [0.5, 0.6) is 5.75 Å². The predicted octanol–water partition coefficient (Wildman–Crippen LogP) is 2.95. The molecule has 2 aliphatic rings. The minimum Gasteiger partial charge on any atom is -0.497 e. The number of hydrogen-bond acceptors (Lipinski definition) is 6. The van der Waals surface area contributed by atoms with E-state index in [0.717, 1.165) is 0 Å². The Hall–Kier alpha value is -2.86. The predicted molar refractivity (Wildman–Crippen MR) is 91.4 cm³/mol.